The van der Waals surface area contributed by atoms with Crippen molar-refractivity contribution in [2.45, 2.75) is 47.1 Å². The first kappa shape index (κ1) is 13.6. The van der Waals surface area contributed by atoms with Gasteiger partial charge in [-0.25, -0.2) is 4.98 Å². The number of hydrogen-bond donors (Lipinski definition) is 0. The van der Waals surface area contributed by atoms with Crippen LogP contribution in [0.5, 0.6) is 0 Å². The summed E-state index contributed by atoms with van der Waals surface area (Å²) in [5.74, 6) is 1.90. The monoisotopic (exact) mass is 249 g/mol. The van der Waals surface area contributed by atoms with Crippen LogP contribution in [0.4, 0.5) is 0 Å². The molecule has 0 saturated carbocycles. The van der Waals surface area contributed by atoms with Crippen LogP contribution in [0.2, 0.25) is 0 Å². The molecule has 2 rings (SSSR count). The number of imidazole rings is 1. The van der Waals surface area contributed by atoms with E-state index in [-0.39, 0.29) is 0 Å². The molecule has 0 amide bonds. The third-order valence-corrected chi connectivity index (χ3v) is 5.09. The van der Waals surface area contributed by atoms with E-state index in [4.69, 9.17) is 0 Å². The molecule has 0 N–H and O–H groups in total. The molecule has 1 aliphatic rings. The van der Waals surface area contributed by atoms with E-state index in [0.29, 0.717) is 5.41 Å². The van der Waals surface area contributed by atoms with Gasteiger partial charge in [0.1, 0.15) is 5.82 Å². The molecule has 18 heavy (non-hydrogen) atoms. The Kier molecular flexibility index (Phi) is 3.81. The van der Waals surface area contributed by atoms with E-state index in [9.17, 15) is 0 Å². The second kappa shape index (κ2) is 5.04. The van der Waals surface area contributed by atoms with Gasteiger partial charge in [0.05, 0.1) is 5.69 Å². The zero-order valence-electron chi connectivity index (χ0n) is 12.5. The molecule has 1 aliphatic heterocycles. The lowest BCUT2D eigenvalue weighted by atomic mass is 9.72. The van der Waals surface area contributed by atoms with E-state index >= 15 is 0 Å². The van der Waals surface area contributed by atoms with Crippen LogP contribution in [0.1, 0.15) is 45.1 Å². The number of aromatic nitrogens is 2. The largest absolute Gasteiger partial charge is 0.334 e. The van der Waals surface area contributed by atoms with Crippen LogP contribution in [0.3, 0.4) is 0 Å². The molecular weight excluding hydrogens is 222 g/mol. The smallest absolute Gasteiger partial charge is 0.105 e. The van der Waals surface area contributed by atoms with Gasteiger partial charge in [-0.05, 0) is 44.2 Å². The molecule has 1 aromatic rings. The Labute approximate surface area is 111 Å². The molecule has 102 valence electrons. The zero-order valence-corrected chi connectivity index (χ0v) is 12.5. The molecule has 1 saturated heterocycles. The molecule has 0 atom stereocenters. The Morgan fingerprint density at radius 1 is 1.33 bits per heavy atom. The summed E-state index contributed by atoms with van der Waals surface area (Å²) in [4.78, 5) is 6.94. The minimum atomic E-state index is 0.541. The fourth-order valence-electron chi connectivity index (χ4n) is 2.72. The van der Waals surface area contributed by atoms with Gasteiger partial charge in [-0.2, -0.15) is 0 Å². The van der Waals surface area contributed by atoms with E-state index < -0.39 is 0 Å². The zero-order chi connectivity index (χ0) is 13.3. The Balaban J connectivity index is 1.93. The van der Waals surface area contributed by atoms with Crippen LogP contribution in [0.25, 0.3) is 0 Å². The number of piperidine rings is 1. The van der Waals surface area contributed by atoms with E-state index in [1.54, 1.807) is 0 Å². The van der Waals surface area contributed by atoms with Gasteiger partial charge < -0.3 is 4.57 Å². The van der Waals surface area contributed by atoms with E-state index in [1.807, 2.05) is 6.20 Å². The first-order valence-electron chi connectivity index (χ1n) is 7.12. The van der Waals surface area contributed by atoms with Crippen LogP contribution in [0.15, 0.2) is 6.20 Å². The molecule has 1 aromatic heterocycles. The molecule has 0 aliphatic carbocycles. The molecule has 3 heteroatoms. The Bertz CT molecular complexity index is 398. The van der Waals surface area contributed by atoms with Crippen molar-refractivity contribution in [1.82, 2.24) is 14.5 Å². The lowest BCUT2D eigenvalue weighted by Crippen LogP contribution is -2.40. The highest BCUT2D eigenvalue weighted by molar-refractivity contribution is 5.04. The van der Waals surface area contributed by atoms with Gasteiger partial charge in [-0.3, -0.25) is 4.90 Å². The standard InChI is InChI=1S/C15H27N3/c1-12(2)15(4)6-8-18(9-7-15)11-14-10-16-13(3)17(14)5/h10,12H,6-9,11H2,1-5H3. The van der Waals surface area contributed by atoms with Gasteiger partial charge in [0, 0.05) is 19.8 Å². The highest BCUT2D eigenvalue weighted by Gasteiger charge is 2.32. The minimum Gasteiger partial charge on any atom is -0.334 e. The molecule has 0 unspecified atom stereocenters. The molecule has 0 radical (unpaired) electrons. The van der Waals surface area contributed by atoms with Crippen LogP contribution >= 0.6 is 0 Å². The van der Waals surface area contributed by atoms with Crippen molar-refractivity contribution in [1.29, 1.82) is 0 Å². The van der Waals surface area contributed by atoms with Crippen molar-refractivity contribution in [3.05, 3.63) is 17.7 Å². The Morgan fingerprint density at radius 2 is 1.94 bits per heavy atom. The van der Waals surface area contributed by atoms with Crippen LogP contribution in [0, 0.1) is 18.3 Å². The summed E-state index contributed by atoms with van der Waals surface area (Å²) in [6, 6.07) is 0. The summed E-state index contributed by atoms with van der Waals surface area (Å²) in [6.07, 6.45) is 4.66. The maximum Gasteiger partial charge on any atom is 0.105 e. The van der Waals surface area contributed by atoms with Crippen LogP contribution in [-0.4, -0.2) is 27.5 Å². The Morgan fingerprint density at radius 3 is 2.39 bits per heavy atom. The quantitative estimate of drug-likeness (QED) is 0.821. The van der Waals surface area contributed by atoms with E-state index in [1.165, 1.54) is 31.6 Å². The molecule has 3 nitrogen and oxygen atoms in total. The van der Waals surface area contributed by atoms with Crippen molar-refractivity contribution in [2.75, 3.05) is 13.1 Å². The van der Waals surface area contributed by atoms with Crippen LogP contribution in [-0.2, 0) is 13.6 Å². The fraction of sp³-hybridized carbons (Fsp3) is 0.800. The third kappa shape index (κ3) is 2.61. The predicted molar refractivity (Wildman–Crippen MR) is 75.4 cm³/mol. The summed E-state index contributed by atoms with van der Waals surface area (Å²) in [5.41, 5.74) is 1.87. The lowest BCUT2D eigenvalue weighted by molar-refractivity contribution is 0.0731. The first-order valence-corrected chi connectivity index (χ1v) is 7.12. The van der Waals surface area contributed by atoms with E-state index in [2.05, 4.69) is 49.2 Å². The summed E-state index contributed by atoms with van der Waals surface area (Å²) in [5, 5.41) is 0. The van der Waals surface area contributed by atoms with Gasteiger partial charge in [0.15, 0.2) is 0 Å². The van der Waals surface area contributed by atoms with Crippen molar-refractivity contribution < 1.29 is 0 Å². The fourth-order valence-corrected chi connectivity index (χ4v) is 2.72. The van der Waals surface area contributed by atoms with Gasteiger partial charge in [0.25, 0.3) is 0 Å². The molecule has 0 bridgehead atoms. The number of aryl methyl sites for hydroxylation is 1. The highest BCUT2D eigenvalue weighted by atomic mass is 15.2. The molecule has 0 aromatic carbocycles. The predicted octanol–water partition coefficient (Wildman–Crippen LogP) is 2.99. The SMILES string of the molecule is Cc1ncc(CN2CCC(C)(C(C)C)CC2)n1C. The topological polar surface area (TPSA) is 21.1 Å². The van der Waals surface area contributed by atoms with Crippen LogP contribution < -0.4 is 0 Å². The van der Waals surface area contributed by atoms with Crippen molar-refractivity contribution in [3.8, 4) is 0 Å². The lowest BCUT2D eigenvalue weighted by Gasteiger charge is -2.42. The van der Waals surface area contributed by atoms with E-state index in [0.717, 1.165) is 18.3 Å². The molecule has 0 spiro atoms. The second-order valence-corrected chi connectivity index (χ2v) is 6.44. The average molecular weight is 249 g/mol. The van der Waals surface area contributed by atoms with Gasteiger partial charge >= 0.3 is 0 Å². The number of hydrogen-bond acceptors (Lipinski definition) is 2. The van der Waals surface area contributed by atoms with Gasteiger partial charge in [0.2, 0.25) is 0 Å². The number of likely N-dealkylation sites (tertiary alicyclic amines) is 1. The highest BCUT2D eigenvalue weighted by Crippen LogP contribution is 2.38. The van der Waals surface area contributed by atoms with Gasteiger partial charge in [-0.15, -0.1) is 0 Å². The molecule has 1 fully saturated rings. The first-order chi connectivity index (χ1) is 8.42. The summed E-state index contributed by atoms with van der Waals surface area (Å²) < 4.78 is 2.20. The summed E-state index contributed by atoms with van der Waals surface area (Å²) in [6.45, 7) is 12.7. The Hall–Kier alpha value is -0.830. The van der Waals surface area contributed by atoms with Crippen molar-refractivity contribution in [2.24, 2.45) is 18.4 Å². The molecular formula is C15H27N3. The number of nitrogens with zero attached hydrogens (tertiary/aromatic N) is 3. The third-order valence-electron chi connectivity index (χ3n) is 5.09. The summed E-state index contributed by atoms with van der Waals surface area (Å²) in [7, 11) is 2.11. The molecule has 2 heterocycles. The maximum absolute atomic E-state index is 4.37. The average Bonchev–Trinajstić information content (AvgIpc) is 2.64. The summed E-state index contributed by atoms with van der Waals surface area (Å²) >= 11 is 0. The van der Waals surface area contributed by atoms with Crippen molar-refractivity contribution in [3.63, 3.8) is 0 Å². The van der Waals surface area contributed by atoms with Crippen molar-refractivity contribution >= 4 is 0 Å². The number of rotatable bonds is 3. The van der Waals surface area contributed by atoms with Gasteiger partial charge in [-0.1, -0.05) is 20.8 Å². The maximum atomic E-state index is 4.37. The minimum absolute atomic E-state index is 0.541. The normalized spacial score (nSPS) is 20.6. The second-order valence-electron chi connectivity index (χ2n) is 6.44.